The van der Waals surface area contributed by atoms with Crippen molar-refractivity contribution in [3.8, 4) is 0 Å². The maximum atomic E-state index is 12.8. The van der Waals surface area contributed by atoms with E-state index in [2.05, 4.69) is 4.98 Å². The van der Waals surface area contributed by atoms with Crippen LogP contribution in [0.15, 0.2) is 54.9 Å². The van der Waals surface area contributed by atoms with Gasteiger partial charge in [0.15, 0.2) is 9.84 Å². The van der Waals surface area contributed by atoms with E-state index in [4.69, 9.17) is 11.6 Å². The van der Waals surface area contributed by atoms with Gasteiger partial charge in [0.2, 0.25) is 5.91 Å². The minimum absolute atomic E-state index is 0.0701. The maximum absolute atomic E-state index is 12.8. The second-order valence-corrected chi connectivity index (χ2v) is 9.62. The molecule has 0 bridgehead atoms. The molecule has 6 nitrogen and oxygen atoms in total. The van der Waals surface area contributed by atoms with Crippen molar-refractivity contribution in [3.63, 3.8) is 0 Å². The third-order valence-corrected chi connectivity index (χ3v) is 7.63. The van der Waals surface area contributed by atoms with Crippen LogP contribution in [0.5, 0.6) is 0 Å². The lowest BCUT2D eigenvalue weighted by Gasteiger charge is -2.20. The average Bonchev–Trinajstić information content (AvgIpc) is 3.00. The summed E-state index contributed by atoms with van der Waals surface area (Å²) in [7, 11) is -3.40. The molecule has 1 fully saturated rings. The maximum Gasteiger partial charge on any atom is 0.242 e. The topological polar surface area (TPSA) is 72.3 Å². The zero-order valence-electron chi connectivity index (χ0n) is 15.2. The SMILES string of the molecule is O=C(Cn1cnc2ccccc21)N1CCC(c2ccccc2Cl)S(=O)(=O)CC1. The van der Waals surface area contributed by atoms with Crippen molar-refractivity contribution in [1.29, 1.82) is 0 Å². The van der Waals surface area contributed by atoms with Gasteiger partial charge in [-0.3, -0.25) is 4.79 Å². The number of rotatable bonds is 3. The Morgan fingerprint density at radius 1 is 1.11 bits per heavy atom. The highest BCUT2D eigenvalue weighted by molar-refractivity contribution is 7.91. The molecule has 1 aromatic heterocycles. The summed E-state index contributed by atoms with van der Waals surface area (Å²) < 4.78 is 27.4. The summed E-state index contributed by atoms with van der Waals surface area (Å²) in [5.41, 5.74) is 2.32. The first-order valence-electron chi connectivity index (χ1n) is 9.09. The lowest BCUT2D eigenvalue weighted by Crippen LogP contribution is -2.36. The number of carbonyl (C=O) groups excluding carboxylic acids is 1. The van der Waals surface area contributed by atoms with Gasteiger partial charge in [0.1, 0.15) is 6.54 Å². The van der Waals surface area contributed by atoms with E-state index in [1.54, 1.807) is 40.1 Å². The highest BCUT2D eigenvalue weighted by Gasteiger charge is 2.33. The van der Waals surface area contributed by atoms with Gasteiger partial charge in [-0.1, -0.05) is 41.9 Å². The molecule has 1 amide bonds. The molecule has 2 heterocycles. The molecule has 1 atom stereocenters. The van der Waals surface area contributed by atoms with E-state index in [1.807, 2.05) is 24.3 Å². The lowest BCUT2D eigenvalue weighted by atomic mass is 10.1. The van der Waals surface area contributed by atoms with Gasteiger partial charge in [-0.25, -0.2) is 13.4 Å². The summed E-state index contributed by atoms with van der Waals surface area (Å²) in [5.74, 6) is -0.183. The van der Waals surface area contributed by atoms with Crippen LogP contribution in [0.1, 0.15) is 17.2 Å². The molecule has 0 N–H and O–H groups in total. The second kappa shape index (κ2) is 7.56. The Morgan fingerprint density at radius 3 is 2.68 bits per heavy atom. The number of hydrogen-bond acceptors (Lipinski definition) is 4. The van der Waals surface area contributed by atoms with Crippen molar-refractivity contribution in [3.05, 3.63) is 65.4 Å². The van der Waals surface area contributed by atoms with Crippen molar-refractivity contribution in [2.75, 3.05) is 18.8 Å². The molecule has 1 aliphatic rings. The Hall–Kier alpha value is -2.38. The van der Waals surface area contributed by atoms with E-state index < -0.39 is 15.1 Å². The Labute approximate surface area is 168 Å². The number of benzene rings is 2. The van der Waals surface area contributed by atoms with E-state index in [0.29, 0.717) is 23.6 Å². The molecule has 3 aromatic rings. The lowest BCUT2D eigenvalue weighted by molar-refractivity contribution is -0.131. The van der Waals surface area contributed by atoms with Gasteiger partial charge in [0.05, 0.1) is 28.4 Å². The number of aromatic nitrogens is 2. The summed E-state index contributed by atoms with van der Waals surface area (Å²) in [6, 6.07) is 14.6. The van der Waals surface area contributed by atoms with Crippen LogP contribution in [-0.2, 0) is 21.2 Å². The zero-order valence-corrected chi connectivity index (χ0v) is 16.7. The number of para-hydroxylation sites is 2. The number of amides is 1. The predicted octanol–water partition coefficient (Wildman–Crippen LogP) is 3.08. The van der Waals surface area contributed by atoms with Crippen LogP contribution in [-0.4, -0.2) is 47.6 Å². The Morgan fingerprint density at radius 2 is 1.86 bits per heavy atom. The molecule has 0 radical (unpaired) electrons. The first kappa shape index (κ1) is 19.0. The van der Waals surface area contributed by atoms with Crippen LogP contribution >= 0.6 is 11.6 Å². The van der Waals surface area contributed by atoms with Crippen LogP contribution in [0.25, 0.3) is 11.0 Å². The minimum Gasteiger partial charge on any atom is -0.340 e. The van der Waals surface area contributed by atoms with Crippen molar-refractivity contribution < 1.29 is 13.2 Å². The Bertz CT molecular complexity index is 1130. The fourth-order valence-electron chi connectivity index (χ4n) is 3.66. The van der Waals surface area contributed by atoms with Gasteiger partial charge in [-0.15, -0.1) is 0 Å². The molecule has 1 aliphatic heterocycles. The van der Waals surface area contributed by atoms with Gasteiger partial charge < -0.3 is 9.47 Å². The zero-order chi connectivity index (χ0) is 19.7. The molecule has 1 unspecified atom stereocenters. The molecule has 4 rings (SSSR count). The van der Waals surface area contributed by atoms with E-state index in [0.717, 1.165) is 11.0 Å². The third kappa shape index (κ3) is 3.64. The largest absolute Gasteiger partial charge is 0.340 e. The fourth-order valence-corrected chi connectivity index (χ4v) is 5.81. The molecule has 146 valence electrons. The van der Waals surface area contributed by atoms with Gasteiger partial charge in [0, 0.05) is 18.1 Å². The first-order chi connectivity index (χ1) is 13.5. The van der Waals surface area contributed by atoms with Crippen molar-refractivity contribution in [2.24, 2.45) is 0 Å². The monoisotopic (exact) mass is 417 g/mol. The summed E-state index contributed by atoms with van der Waals surface area (Å²) in [5, 5.41) is -0.242. The van der Waals surface area contributed by atoms with Crippen LogP contribution < -0.4 is 0 Å². The van der Waals surface area contributed by atoms with E-state index in [1.165, 1.54) is 0 Å². The molecular weight excluding hydrogens is 398 g/mol. The van der Waals surface area contributed by atoms with E-state index >= 15 is 0 Å². The summed E-state index contributed by atoms with van der Waals surface area (Å²) in [6.07, 6.45) is 1.98. The number of sulfone groups is 1. The number of carbonyl (C=O) groups is 1. The molecule has 0 spiro atoms. The van der Waals surface area contributed by atoms with Gasteiger partial charge in [-0.05, 0) is 30.2 Å². The van der Waals surface area contributed by atoms with Crippen LogP contribution in [0.2, 0.25) is 5.02 Å². The molecule has 2 aromatic carbocycles. The molecule has 0 aliphatic carbocycles. The van der Waals surface area contributed by atoms with Crippen molar-refractivity contribution >= 4 is 38.4 Å². The van der Waals surface area contributed by atoms with Crippen LogP contribution in [0.3, 0.4) is 0 Å². The number of hydrogen-bond donors (Lipinski definition) is 0. The van der Waals surface area contributed by atoms with Gasteiger partial charge >= 0.3 is 0 Å². The molecule has 28 heavy (non-hydrogen) atoms. The van der Waals surface area contributed by atoms with E-state index in [-0.39, 0.29) is 24.7 Å². The number of halogens is 1. The summed E-state index contributed by atoms with van der Waals surface area (Å²) in [6.45, 7) is 0.701. The molecule has 0 saturated carbocycles. The minimum atomic E-state index is -3.40. The van der Waals surface area contributed by atoms with Crippen LogP contribution in [0.4, 0.5) is 0 Å². The fraction of sp³-hybridized carbons (Fsp3) is 0.300. The molecule has 1 saturated heterocycles. The molecular formula is C20H20ClN3O3S. The average molecular weight is 418 g/mol. The number of nitrogens with zero attached hydrogens (tertiary/aromatic N) is 3. The smallest absolute Gasteiger partial charge is 0.242 e. The van der Waals surface area contributed by atoms with E-state index in [9.17, 15) is 13.2 Å². The van der Waals surface area contributed by atoms with Crippen molar-refractivity contribution in [1.82, 2.24) is 14.5 Å². The Balaban J connectivity index is 1.53. The number of imidazole rings is 1. The first-order valence-corrected chi connectivity index (χ1v) is 11.2. The highest BCUT2D eigenvalue weighted by Crippen LogP contribution is 2.33. The second-order valence-electron chi connectivity index (χ2n) is 6.91. The molecule has 8 heteroatoms. The normalized spacial score (nSPS) is 19.5. The van der Waals surface area contributed by atoms with Crippen LogP contribution in [0, 0.1) is 0 Å². The predicted molar refractivity (Wildman–Crippen MR) is 109 cm³/mol. The quantitative estimate of drug-likeness (QED) is 0.656. The standard InChI is InChI=1S/C20H20ClN3O3S/c21-16-6-2-1-5-15(16)19-9-10-23(11-12-28(19,26)27)20(25)13-24-14-22-17-7-3-4-8-18(17)24/h1-8,14,19H,9-13H2. The highest BCUT2D eigenvalue weighted by atomic mass is 35.5. The summed E-state index contributed by atoms with van der Waals surface area (Å²) in [4.78, 5) is 18.8. The van der Waals surface area contributed by atoms with Gasteiger partial charge in [0.25, 0.3) is 0 Å². The third-order valence-electron chi connectivity index (χ3n) is 5.18. The van der Waals surface area contributed by atoms with Gasteiger partial charge in [-0.2, -0.15) is 0 Å². The Kier molecular flexibility index (Phi) is 5.12. The summed E-state index contributed by atoms with van der Waals surface area (Å²) >= 11 is 6.23. The number of fused-ring (bicyclic) bond motifs is 1. The van der Waals surface area contributed by atoms with Crippen molar-refractivity contribution in [2.45, 2.75) is 18.2 Å².